The Bertz CT molecular complexity index is 846. The number of aryl methyl sites for hydroxylation is 1. The summed E-state index contributed by atoms with van der Waals surface area (Å²) in [6.07, 6.45) is 4.17. The molecule has 4 heterocycles. The van der Waals surface area contributed by atoms with Gasteiger partial charge in [0.25, 0.3) is 0 Å². The van der Waals surface area contributed by atoms with E-state index in [1.807, 2.05) is 0 Å². The number of ether oxygens (including phenoxy) is 2. The van der Waals surface area contributed by atoms with Gasteiger partial charge in [0, 0.05) is 10.8 Å². The Morgan fingerprint density at radius 3 is 2.54 bits per heavy atom. The predicted octanol–water partition coefficient (Wildman–Crippen LogP) is 2.30. The molecule has 3 unspecified atom stereocenters. The smallest absolute Gasteiger partial charge is 0.326 e. The molecule has 126 valence electrons. The molecule has 6 bridgehead atoms. The van der Waals surface area contributed by atoms with Crippen molar-refractivity contribution in [2.75, 3.05) is 19.1 Å². The summed E-state index contributed by atoms with van der Waals surface area (Å²) in [5, 5.41) is 0. The van der Waals surface area contributed by atoms with Gasteiger partial charge in [-0.2, -0.15) is 0 Å². The van der Waals surface area contributed by atoms with Gasteiger partial charge in [-0.3, -0.25) is 9.59 Å². The molecule has 2 aliphatic carbocycles. The van der Waals surface area contributed by atoms with Gasteiger partial charge in [-0.25, -0.2) is 0 Å². The first-order valence-electron chi connectivity index (χ1n) is 7.89. The van der Waals surface area contributed by atoms with Crippen molar-refractivity contribution in [1.29, 1.82) is 0 Å². The Morgan fingerprint density at radius 2 is 1.88 bits per heavy atom. The van der Waals surface area contributed by atoms with E-state index in [1.165, 1.54) is 42.1 Å². The first-order chi connectivity index (χ1) is 11.5. The van der Waals surface area contributed by atoms with Gasteiger partial charge in [-0.05, 0) is 19.4 Å². The van der Waals surface area contributed by atoms with Crippen molar-refractivity contribution in [1.82, 2.24) is 0 Å². The van der Waals surface area contributed by atoms with Crippen LogP contribution in [0.15, 0.2) is 16.4 Å². The highest BCUT2D eigenvalue weighted by atomic mass is 32.2. The van der Waals surface area contributed by atoms with Crippen LogP contribution in [0.3, 0.4) is 0 Å². The first-order valence-corrected chi connectivity index (χ1v) is 9.52. The Labute approximate surface area is 148 Å². The number of esters is 2. The summed E-state index contributed by atoms with van der Waals surface area (Å²) in [6, 6.07) is -0.176. The third-order valence-electron chi connectivity index (χ3n) is 6.20. The lowest BCUT2D eigenvalue weighted by Gasteiger charge is -2.46. The second kappa shape index (κ2) is 4.19. The zero-order valence-electron chi connectivity index (χ0n) is 13.8. The number of thioether (sulfide) groups is 1. The van der Waals surface area contributed by atoms with Gasteiger partial charge < -0.3 is 14.4 Å². The fourth-order valence-electron chi connectivity index (χ4n) is 5.16. The summed E-state index contributed by atoms with van der Waals surface area (Å²) in [6.45, 7) is 4.22. The average Bonchev–Trinajstić information content (AvgIpc) is 3.18. The third-order valence-corrected chi connectivity index (χ3v) is 9.14. The Morgan fingerprint density at radius 1 is 1.17 bits per heavy atom. The minimum atomic E-state index is -0.949. The minimum Gasteiger partial charge on any atom is -0.468 e. The van der Waals surface area contributed by atoms with Crippen LogP contribution in [0.4, 0.5) is 5.69 Å². The largest absolute Gasteiger partial charge is 0.468 e. The molecule has 0 radical (unpaired) electrons. The number of nitrogens with zero attached hydrogens (tertiary/aromatic N) is 1. The molecule has 0 aromatic carbocycles. The van der Waals surface area contributed by atoms with Crippen molar-refractivity contribution < 1.29 is 19.1 Å². The number of hydrogen-bond donors (Lipinski definition) is 0. The minimum absolute atomic E-state index is 0.00862. The summed E-state index contributed by atoms with van der Waals surface area (Å²) >= 11 is 3.22. The molecule has 1 aromatic heterocycles. The topological polar surface area (TPSA) is 55.8 Å². The van der Waals surface area contributed by atoms with E-state index >= 15 is 0 Å². The average molecular weight is 363 g/mol. The monoisotopic (exact) mass is 363 g/mol. The van der Waals surface area contributed by atoms with E-state index in [9.17, 15) is 9.59 Å². The highest BCUT2D eigenvalue weighted by molar-refractivity contribution is 8.03. The molecule has 7 heteroatoms. The number of carbonyl (C=O) groups is 2. The second-order valence-electron chi connectivity index (χ2n) is 6.82. The Balaban J connectivity index is 1.82. The van der Waals surface area contributed by atoms with E-state index in [4.69, 9.17) is 9.47 Å². The van der Waals surface area contributed by atoms with Crippen LogP contribution in [0.2, 0.25) is 0 Å². The summed E-state index contributed by atoms with van der Waals surface area (Å²) in [4.78, 5) is 29.4. The van der Waals surface area contributed by atoms with E-state index in [2.05, 4.69) is 30.9 Å². The van der Waals surface area contributed by atoms with E-state index in [0.29, 0.717) is 0 Å². The van der Waals surface area contributed by atoms with Crippen molar-refractivity contribution in [3.05, 3.63) is 22.6 Å². The molecular formula is C17H17NO4S2. The number of thiophene rings is 1. The molecule has 6 rings (SSSR count). The maximum absolute atomic E-state index is 13.0. The van der Waals surface area contributed by atoms with Gasteiger partial charge in [0.1, 0.15) is 5.41 Å². The van der Waals surface area contributed by atoms with Crippen molar-refractivity contribution in [3.8, 4) is 0 Å². The molecule has 0 N–H and O–H groups in total. The Hall–Kier alpha value is -1.47. The molecule has 0 spiro atoms. The molecule has 5 nitrogen and oxygen atoms in total. The number of hydrogen-bond acceptors (Lipinski definition) is 7. The molecule has 1 aromatic rings. The van der Waals surface area contributed by atoms with Crippen molar-refractivity contribution in [2.24, 2.45) is 11.3 Å². The molecule has 24 heavy (non-hydrogen) atoms. The van der Waals surface area contributed by atoms with Crippen LogP contribution in [0.1, 0.15) is 10.4 Å². The fourth-order valence-corrected chi connectivity index (χ4v) is 8.62. The second-order valence-corrected chi connectivity index (χ2v) is 9.56. The van der Waals surface area contributed by atoms with Crippen LogP contribution in [-0.4, -0.2) is 43.0 Å². The maximum Gasteiger partial charge on any atom is 0.326 e. The lowest BCUT2D eigenvalue weighted by molar-refractivity contribution is -0.157. The molecule has 1 saturated carbocycles. The molecular weight excluding hydrogens is 346 g/mol. The number of piperidine rings is 1. The summed E-state index contributed by atoms with van der Waals surface area (Å²) < 4.78 is 10.5. The molecule has 1 saturated heterocycles. The zero-order valence-corrected chi connectivity index (χ0v) is 15.4. The van der Waals surface area contributed by atoms with Crippen molar-refractivity contribution in [3.63, 3.8) is 0 Å². The SMILES string of the molecule is COC(=O)[C@]12C3C=CC4N(c5c(sc(C)c5C)S[C@]41C(=O)OC)C32. The molecule has 5 atom stereocenters. The van der Waals surface area contributed by atoms with Crippen LogP contribution < -0.4 is 4.90 Å². The van der Waals surface area contributed by atoms with Crippen LogP contribution in [-0.2, 0) is 19.1 Å². The highest BCUT2D eigenvalue weighted by Gasteiger charge is 2.93. The van der Waals surface area contributed by atoms with Crippen molar-refractivity contribution >= 4 is 40.7 Å². The van der Waals surface area contributed by atoms with Gasteiger partial charge in [0.2, 0.25) is 0 Å². The van der Waals surface area contributed by atoms with E-state index in [0.717, 1.165) is 4.21 Å². The maximum atomic E-state index is 13.0. The van der Waals surface area contributed by atoms with Gasteiger partial charge in [0.15, 0.2) is 4.75 Å². The fraction of sp³-hybridized carbons (Fsp3) is 0.529. The van der Waals surface area contributed by atoms with Gasteiger partial charge in [-0.1, -0.05) is 23.9 Å². The first kappa shape index (κ1) is 14.8. The summed E-state index contributed by atoms with van der Waals surface area (Å²) in [7, 11) is 2.81. The van der Waals surface area contributed by atoms with Crippen LogP contribution in [0, 0.1) is 25.2 Å². The molecule has 5 aliphatic rings. The van der Waals surface area contributed by atoms with E-state index in [1.54, 1.807) is 11.3 Å². The Kier molecular flexibility index (Phi) is 2.59. The quantitative estimate of drug-likeness (QED) is 0.594. The van der Waals surface area contributed by atoms with Crippen LogP contribution in [0.5, 0.6) is 0 Å². The van der Waals surface area contributed by atoms with Gasteiger partial charge in [-0.15, -0.1) is 11.3 Å². The third kappa shape index (κ3) is 1.18. The number of carbonyl (C=O) groups excluding carboxylic acids is 2. The molecule has 2 fully saturated rings. The summed E-state index contributed by atoms with van der Waals surface area (Å²) in [5.74, 6) is -0.609. The van der Waals surface area contributed by atoms with E-state index < -0.39 is 10.2 Å². The number of fused-ring (bicyclic) bond motifs is 1. The van der Waals surface area contributed by atoms with Gasteiger partial charge >= 0.3 is 11.9 Å². The predicted molar refractivity (Wildman–Crippen MR) is 91.5 cm³/mol. The highest BCUT2D eigenvalue weighted by Crippen LogP contribution is 2.80. The standard InChI is InChI=1S/C17H17NO4S2/c1-7-8(2)23-13-11(7)18-10-6-5-9-12(18)16(9,14(19)21-3)17(10,24-13)15(20)22-4/h5-6,9-10,12H,1-4H3/t9?,10?,12?,16-,17+/m1/s1. The number of methoxy groups -OCH3 is 2. The lowest BCUT2D eigenvalue weighted by Crippen LogP contribution is -2.60. The van der Waals surface area contributed by atoms with Gasteiger partial charge in [0.05, 0.1) is 36.2 Å². The number of anilines is 1. The summed E-state index contributed by atoms with van der Waals surface area (Å²) in [5.41, 5.74) is 1.60. The van der Waals surface area contributed by atoms with Crippen LogP contribution >= 0.6 is 23.1 Å². The normalized spacial score (nSPS) is 39.5. The number of rotatable bonds is 2. The van der Waals surface area contributed by atoms with Crippen molar-refractivity contribution in [2.45, 2.75) is 34.9 Å². The van der Waals surface area contributed by atoms with Crippen LogP contribution in [0.25, 0.3) is 0 Å². The zero-order chi connectivity index (χ0) is 17.0. The molecule has 3 aliphatic heterocycles. The van der Waals surface area contributed by atoms with E-state index in [-0.39, 0.29) is 29.9 Å². The lowest BCUT2D eigenvalue weighted by atomic mass is 9.78. The molecule has 0 amide bonds.